The molecule has 28 heavy (non-hydrogen) atoms. The Morgan fingerprint density at radius 1 is 1.04 bits per heavy atom. The number of carbonyl (C=O) groups is 2. The molecule has 154 valence electrons. The molecule has 2 amide bonds. The van der Waals surface area contributed by atoms with E-state index in [0.717, 1.165) is 24.8 Å². The molecule has 0 aromatic heterocycles. The van der Waals surface area contributed by atoms with Gasteiger partial charge in [-0.1, -0.05) is 30.3 Å². The van der Waals surface area contributed by atoms with Crippen LogP contribution < -0.4 is 16.4 Å². The lowest BCUT2D eigenvalue weighted by molar-refractivity contribution is -0.148. The van der Waals surface area contributed by atoms with Crippen molar-refractivity contribution in [2.75, 3.05) is 13.1 Å². The van der Waals surface area contributed by atoms with Gasteiger partial charge in [-0.3, -0.25) is 9.59 Å². The summed E-state index contributed by atoms with van der Waals surface area (Å²) in [6.45, 7) is 0.823. The first-order valence-electron chi connectivity index (χ1n) is 10.4. The summed E-state index contributed by atoms with van der Waals surface area (Å²) in [6.07, 6.45) is 7.44. The summed E-state index contributed by atoms with van der Waals surface area (Å²) in [5.41, 5.74) is 6.34. The number of hydrogen-bond acceptors (Lipinski definition) is 3. The normalized spacial score (nSPS) is 31.0. The summed E-state index contributed by atoms with van der Waals surface area (Å²) in [4.78, 5) is 26.0. The molecule has 0 heterocycles. The molecule has 1 aromatic carbocycles. The molecular weight excluding hydrogens is 374 g/mol. The van der Waals surface area contributed by atoms with Gasteiger partial charge >= 0.3 is 0 Å². The Kier molecular flexibility index (Phi) is 6.66. The topological polar surface area (TPSA) is 84.2 Å². The molecule has 4 fully saturated rings. The highest BCUT2D eigenvalue weighted by atomic mass is 35.5. The molecule has 1 atom stereocenters. The van der Waals surface area contributed by atoms with E-state index in [9.17, 15) is 9.59 Å². The Morgan fingerprint density at radius 3 is 2.14 bits per heavy atom. The molecule has 4 bridgehead atoms. The van der Waals surface area contributed by atoms with E-state index in [0.29, 0.717) is 37.3 Å². The predicted molar refractivity (Wildman–Crippen MR) is 112 cm³/mol. The minimum Gasteiger partial charge on any atom is -0.353 e. The second-order valence-corrected chi connectivity index (χ2v) is 8.99. The van der Waals surface area contributed by atoms with Crippen LogP contribution in [0.4, 0.5) is 0 Å². The molecule has 4 N–H and O–H groups in total. The monoisotopic (exact) mass is 405 g/mol. The van der Waals surface area contributed by atoms with Gasteiger partial charge in [-0.15, -0.1) is 12.4 Å². The summed E-state index contributed by atoms with van der Waals surface area (Å²) in [5, 5.41) is 5.99. The van der Waals surface area contributed by atoms with Gasteiger partial charge in [-0.25, -0.2) is 0 Å². The van der Waals surface area contributed by atoms with Crippen LogP contribution in [-0.4, -0.2) is 30.9 Å². The maximum absolute atomic E-state index is 13.4. The fourth-order valence-electron chi connectivity index (χ4n) is 6.08. The van der Waals surface area contributed by atoms with Gasteiger partial charge in [-0.2, -0.15) is 0 Å². The number of nitrogens with one attached hydrogen (secondary N) is 2. The van der Waals surface area contributed by atoms with Crippen molar-refractivity contribution in [2.45, 2.75) is 51.0 Å². The summed E-state index contributed by atoms with van der Waals surface area (Å²) < 4.78 is 0. The van der Waals surface area contributed by atoms with Crippen LogP contribution in [0.2, 0.25) is 0 Å². The first-order chi connectivity index (χ1) is 13.1. The summed E-state index contributed by atoms with van der Waals surface area (Å²) in [6, 6.07) is 9.34. The van der Waals surface area contributed by atoms with E-state index in [1.54, 1.807) is 0 Å². The van der Waals surface area contributed by atoms with Gasteiger partial charge in [0.1, 0.15) is 6.04 Å². The minimum absolute atomic E-state index is 0. The SMILES string of the molecule is Cl.NCCNC(=O)C(Cc1ccccc1)NC(=O)C12CC3CC(CC(C3)C1)C2. The van der Waals surface area contributed by atoms with Crippen molar-refractivity contribution in [1.82, 2.24) is 10.6 Å². The first-order valence-corrected chi connectivity index (χ1v) is 10.4. The highest BCUT2D eigenvalue weighted by Crippen LogP contribution is 2.60. The van der Waals surface area contributed by atoms with E-state index >= 15 is 0 Å². The standard InChI is InChI=1S/C22H31N3O2.ClH/c23-6-7-24-20(26)19(11-15-4-2-1-3-5-15)25-21(27)22-12-16-8-17(13-22)10-18(9-16)14-22;/h1-5,16-19H,6-14,23H2,(H,24,26)(H,25,27);1H. The third kappa shape index (κ3) is 4.36. The summed E-state index contributed by atoms with van der Waals surface area (Å²) >= 11 is 0. The molecule has 1 aromatic rings. The Hall–Kier alpha value is -1.59. The van der Waals surface area contributed by atoms with Gasteiger partial charge in [0.2, 0.25) is 11.8 Å². The van der Waals surface area contributed by atoms with Crippen molar-refractivity contribution < 1.29 is 9.59 Å². The minimum atomic E-state index is -0.542. The second-order valence-electron chi connectivity index (χ2n) is 8.99. The molecule has 0 radical (unpaired) electrons. The molecule has 0 aliphatic heterocycles. The van der Waals surface area contributed by atoms with Gasteiger partial charge in [0.15, 0.2) is 0 Å². The fraction of sp³-hybridized carbons (Fsp3) is 0.636. The van der Waals surface area contributed by atoms with Gasteiger partial charge in [-0.05, 0) is 61.8 Å². The van der Waals surface area contributed by atoms with Crippen LogP contribution in [0.25, 0.3) is 0 Å². The van der Waals surface area contributed by atoms with Crippen molar-refractivity contribution in [1.29, 1.82) is 0 Å². The summed E-state index contributed by atoms with van der Waals surface area (Å²) in [7, 11) is 0. The Balaban J connectivity index is 0.00000225. The van der Waals surface area contributed by atoms with E-state index in [4.69, 9.17) is 5.73 Å². The van der Waals surface area contributed by atoms with Gasteiger partial charge in [0.05, 0.1) is 0 Å². The lowest BCUT2D eigenvalue weighted by Gasteiger charge is -2.55. The molecule has 4 saturated carbocycles. The van der Waals surface area contributed by atoms with Crippen molar-refractivity contribution in [3.05, 3.63) is 35.9 Å². The van der Waals surface area contributed by atoms with Gasteiger partial charge in [0, 0.05) is 24.9 Å². The number of benzene rings is 1. The van der Waals surface area contributed by atoms with Crippen LogP contribution in [0.3, 0.4) is 0 Å². The molecule has 0 spiro atoms. The van der Waals surface area contributed by atoms with Crippen LogP contribution in [-0.2, 0) is 16.0 Å². The third-order valence-corrected chi connectivity index (χ3v) is 6.87. The molecule has 1 unspecified atom stereocenters. The van der Waals surface area contributed by atoms with Gasteiger partial charge < -0.3 is 16.4 Å². The number of nitrogens with two attached hydrogens (primary N) is 1. The van der Waals surface area contributed by atoms with E-state index in [1.807, 2.05) is 30.3 Å². The average molecular weight is 406 g/mol. The molecule has 0 saturated heterocycles. The summed E-state index contributed by atoms with van der Waals surface area (Å²) in [5.74, 6) is 2.09. The van der Waals surface area contributed by atoms with Crippen molar-refractivity contribution >= 4 is 24.2 Å². The number of amides is 2. The van der Waals surface area contributed by atoms with E-state index < -0.39 is 6.04 Å². The van der Waals surface area contributed by atoms with Crippen LogP contribution in [0.1, 0.15) is 44.1 Å². The Morgan fingerprint density at radius 2 is 1.61 bits per heavy atom. The van der Waals surface area contributed by atoms with Crippen LogP contribution >= 0.6 is 12.4 Å². The van der Waals surface area contributed by atoms with E-state index in [1.165, 1.54) is 19.3 Å². The molecule has 4 aliphatic carbocycles. The Labute approximate surface area is 173 Å². The van der Waals surface area contributed by atoms with Crippen LogP contribution in [0.15, 0.2) is 30.3 Å². The zero-order chi connectivity index (χ0) is 18.9. The van der Waals surface area contributed by atoms with Crippen molar-refractivity contribution in [3.8, 4) is 0 Å². The lowest BCUT2D eigenvalue weighted by Crippen LogP contribution is -2.58. The fourth-order valence-corrected chi connectivity index (χ4v) is 6.08. The average Bonchev–Trinajstić information content (AvgIpc) is 2.65. The molecule has 5 rings (SSSR count). The number of rotatable bonds is 7. The largest absolute Gasteiger partial charge is 0.353 e. The molecule has 5 nitrogen and oxygen atoms in total. The second kappa shape index (κ2) is 8.83. The number of halogens is 1. The highest BCUT2D eigenvalue weighted by Gasteiger charge is 2.54. The van der Waals surface area contributed by atoms with E-state index in [-0.39, 0.29) is 29.6 Å². The maximum Gasteiger partial charge on any atom is 0.242 e. The highest BCUT2D eigenvalue weighted by molar-refractivity contribution is 5.90. The van der Waals surface area contributed by atoms with Gasteiger partial charge in [0.25, 0.3) is 0 Å². The molecular formula is C22H32ClN3O2. The van der Waals surface area contributed by atoms with Crippen LogP contribution in [0.5, 0.6) is 0 Å². The zero-order valence-corrected chi connectivity index (χ0v) is 17.2. The molecule has 6 heteroatoms. The van der Waals surface area contributed by atoms with E-state index in [2.05, 4.69) is 10.6 Å². The number of carbonyl (C=O) groups excluding carboxylic acids is 2. The Bertz CT molecular complexity index is 659. The quantitative estimate of drug-likeness (QED) is 0.651. The molecule has 4 aliphatic rings. The smallest absolute Gasteiger partial charge is 0.242 e. The third-order valence-electron chi connectivity index (χ3n) is 6.87. The van der Waals surface area contributed by atoms with Crippen molar-refractivity contribution in [2.24, 2.45) is 28.9 Å². The van der Waals surface area contributed by atoms with Crippen molar-refractivity contribution in [3.63, 3.8) is 0 Å². The lowest BCUT2D eigenvalue weighted by atomic mass is 9.49. The maximum atomic E-state index is 13.4. The van der Waals surface area contributed by atoms with Crippen LogP contribution in [0, 0.1) is 23.2 Å². The first kappa shape index (κ1) is 21.1. The number of hydrogen-bond donors (Lipinski definition) is 3. The predicted octanol–water partition coefficient (Wildman–Crippen LogP) is 2.43. The zero-order valence-electron chi connectivity index (χ0n) is 16.4.